The van der Waals surface area contributed by atoms with Crippen LogP contribution in [0, 0.1) is 6.92 Å². The number of nitrogens with zero attached hydrogens (tertiary/aromatic N) is 1. The number of aromatic nitrogens is 2. The van der Waals surface area contributed by atoms with Crippen LogP contribution >= 0.6 is 0 Å². The molecule has 0 bridgehead atoms. The zero-order valence-electron chi connectivity index (χ0n) is 11.6. The average Bonchev–Trinajstić information content (AvgIpc) is 2.89. The Labute approximate surface area is 121 Å². The van der Waals surface area contributed by atoms with E-state index in [0.717, 1.165) is 16.5 Å². The Morgan fingerprint density at radius 2 is 2.10 bits per heavy atom. The summed E-state index contributed by atoms with van der Waals surface area (Å²) in [6, 6.07) is 15.2. The molecule has 106 valence electrons. The first-order valence-electron chi connectivity index (χ1n) is 6.65. The number of aryl methyl sites for hydroxylation is 1. The molecule has 0 radical (unpaired) electrons. The highest BCUT2D eigenvalue weighted by Crippen LogP contribution is 2.19. The van der Waals surface area contributed by atoms with Gasteiger partial charge < -0.3 is 10.1 Å². The highest BCUT2D eigenvalue weighted by atomic mass is 16.5. The molecule has 0 unspecified atom stereocenters. The first kappa shape index (κ1) is 13.2. The first-order valence-corrected chi connectivity index (χ1v) is 6.65. The van der Waals surface area contributed by atoms with Crippen molar-refractivity contribution in [3.63, 3.8) is 0 Å². The van der Waals surface area contributed by atoms with E-state index in [2.05, 4.69) is 15.5 Å². The second-order valence-corrected chi connectivity index (χ2v) is 4.77. The summed E-state index contributed by atoms with van der Waals surface area (Å²) in [6.45, 7) is 1.92. The van der Waals surface area contributed by atoms with E-state index in [-0.39, 0.29) is 12.5 Å². The van der Waals surface area contributed by atoms with E-state index >= 15 is 0 Å². The number of aromatic amines is 1. The van der Waals surface area contributed by atoms with E-state index in [1.807, 2.05) is 55.5 Å². The van der Waals surface area contributed by atoms with Gasteiger partial charge >= 0.3 is 0 Å². The zero-order chi connectivity index (χ0) is 14.7. The van der Waals surface area contributed by atoms with Crippen molar-refractivity contribution < 1.29 is 9.53 Å². The molecule has 3 rings (SSSR count). The molecule has 3 aromatic rings. The largest absolute Gasteiger partial charge is 0.484 e. The number of hydrogen-bond acceptors (Lipinski definition) is 3. The van der Waals surface area contributed by atoms with Gasteiger partial charge in [-0.15, -0.1) is 0 Å². The molecule has 5 heteroatoms. The predicted molar refractivity (Wildman–Crippen MR) is 81.4 cm³/mol. The number of para-hydroxylation sites is 1. The average molecular weight is 281 g/mol. The van der Waals surface area contributed by atoms with Gasteiger partial charge in [-0.3, -0.25) is 9.89 Å². The third kappa shape index (κ3) is 3.02. The lowest BCUT2D eigenvalue weighted by Crippen LogP contribution is -2.20. The van der Waals surface area contributed by atoms with Gasteiger partial charge in [-0.1, -0.05) is 24.3 Å². The van der Waals surface area contributed by atoms with Crippen molar-refractivity contribution in [1.29, 1.82) is 0 Å². The van der Waals surface area contributed by atoms with Gasteiger partial charge in [0, 0.05) is 5.39 Å². The first-order chi connectivity index (χ1) is 10.2. The Kier molecular flexibility index (Phi) is 3.55. The number of anilines is 1. The number of hydrogen-bond donors (Lipinski definition) is 2. The molecule has 0 aliphatic heterocycles. The van der Waals surface area contributed by atoms with Crippen molar-refractivity contribution in [1.82, 2.24) is 10.2 Å². The van der Waals surface area contributed by atoms with Crippen LogP contribution in [0.2, 0.25) is 0 Å². The monoisotopic (exact) mass is 281 g/mol. The summed E-state index contributed by atoms with van der Waals surface area (Å²) < 4.78 is 5.46. The summed E-state index contributed by atoms with van der Waals surface area (Å²) in [6.07, 6.45) is 0. The fourth-order valence-corrected chi connectivity index (χ4v) is 2.08. The molecule has 21 heavy (non-hydrogen) atoms. The summed E-state index contributed by atoms with van der Waals surface area (Å²) >= 11 is 0. The molecule has 0 fully saturated rings. The molecule has 1 amide bonds. The van der Waals surface area contributed by atoms with Gasteiger partial charge in [0.05, 0.1) is 5.52 Å². The summed E-state index contributed by atoms with van der Waals surface area (Å²) in [5, 5.41) is 10.6. The van der Waals surface area contributed by atoms with Crippen molar-refractivity contribution >= 4 is 22.6 Å². The van der Waals surface area contributed by atoms with Crippen LogP contribution in [0.15, 0.2) is 48.5 Å². The lowest BCUT2D eigenvalue weighted by Gasteiger charge is -2.06. The van der Waals surface area contributed by atoms with E-state index in [9.17, 15) is 4.79 Å². The molecule has 0 aliphatic rings. The molecule has 0 atom stereocenters. The van der Waals surface area contributed by atoms with Crippen LogP contribution < -0.4 is 10.1 Å². The fraction of sp³-hybridized carbons (Fsp3) is 0.125. The number of H-pyrrole nitrogens is 1. The second kappa shape index (κ2) is 5.66. The Bertz CT molecular complexity index is 780. The van der Waals surface area contributed by atoms with Crippen molar-refractivity contribution in [2.75, 3.05) is 11.9 Å². The number of carbonyl (C=O) groups is 1. The molecule has 0 spiro atoms. The van der Waals surface area contributed by atoms with Crippen LogP contribution in [0.4, 0.5) is 5.82 Å². The molecular formula is C16H15N3O2. The van der Waals surface area contributed by atoms with Crippen LogP contribution in [0.25, 0.3) is 10.9 Å². The standard InChI is InChI=1S/C16H15N3O2/c1-11-5-4-6-12(9-11)21-10-15(20)17-16-13-7-2-3-8-14(13)18-19-16/h2-9H,10H2,1H3,(H2,17,18,19,20). The smallest absolute Gasteiger partial charge is 0.263 e. The maximum Gasteiger partial charge on any atom is 0.263 e. The van der Waals surface area contributed by atoms with Gasteiger partial charge in [-0.2, -0.15) is 5.10 Å². The van der Waals surface area contributed by atoms with Crippen molar-refractivity contribution in [2.45, 2.75) is 6.92 Å². The number of carbonyl (C=O) groups excluding carboxylic acids is 1. The van der Waals surface area contributed by atoms with E-state index < -0.39 is 0 Å². The van der Waals surface area contributed by atoms with Gasteiger partial charge in [0.1, 0.15) is 5.75 Å². The van der Waals surface area contributed by atoms with Gasteiger partial charge in [0.15, 0.2) is 12.4 Å². The van der Waals surface area contributed by atoms with E-state index in [0.29, 0.717) is 11.6 Å². The normalized spacial score (nSPS) is 10.5. The predicted octanol–water partition coefficient (Wildman–Crippen LogP) is 2.89. The molecule has 2 N–H and O–H groups in total. The number of benzene rings is 2. The molecule has 2 aromatic carbocycles. The van der Waals surface area contributed by atoms with Crippen molar-refractivity contribution in [3.05, 3.63) is 54.1 Å². The molecule has 0 saturated heterocycles. The van der Waals surface area contributed by atoms with Crippen LogP contribution in [0.5, 0.6) is 5.75 Å². The van der Waals surface area contributed by atoms with Crippen molar-refractivity contribution in [3.8, 4) is 5.75 Å². The molecule has 1 aromatic heterocycles. The van der Waals surface area contributed by atoms with Crippen LogP contribution in [-0.2, 0) is 4.79 Å². The number of nitrogens with one attached hydrogen (secondary N) is 2. The SMILES string of the molecule is Cc1cccc(OCC(=O)Nc2n[nH]c3ccccc23)c1. The van der Waals surface area contributed by atoms with E-state index in [1.54, 1.807) is 0 Å². The van der Waals surface area contributed by atoms with Gasteiger partial charge in [0.2, 0.25) is 0 Å². The third-order valence-corrected chi connectivity index (χ3v) is 3.09. The summed E-state index contributed by atoms with van der Waals surface area (Å²) in [7, 11) is 0. The van der Waals surface area contributed by atoms with Crippen molar-refractivity contribution in [2.24, 2.45) is 0 Å². The lowest BCUT2D eigenvalue weighted by molar-refractivity contribution is -0.118. The topological polar surface area (TPSA) is 67.0 Å². The Balaban J connectivity index is 1.64. The second-order valence-electron chi connectivity index (χ2n) is 4.77. The van der Waals surface area contributed by atoms with E-state index in [1.165, 1.54) is 0 Å². The molecule has 5 nitrogen and oxygen atoms in total. The fourth-order valence-electron chi connectivity index (χ4n) is 2.08. The van der Waals surface area contributed by atoms with Gasteiger partial charge in [0.25, 0.3) is 5.91 Å². The van der Waals surface area contributed by atoms with Gasteiger partial charge in [-0.25, -0.2) is 0 Å². The maximum absolute atomic E-state index is 11.9. The Morgan fingerprint density at radius 1 is 1.24 bits per heavy atom. The number of amides is 1. The minimum absolute atomic E-state index is 0.0510. The summed E-state index contributed by atoms with van der Waals surface area (Å²) in [5.41, 5.74) is 1.97. The Morgan fingerprint density at radius 3 is 2.95 bits per heavy atom. The number of ether oxygens (including phenoxy) is 1. The van der Waals surface area contributed by atoms with Crippen LogP contribution in [0.1, 0.15) is 5.56 Å². The lowest BCUT2D eigenvalue weighted by atomic mass is 10.2. The van der Waals surface area contributed by atoms with E-state index in [4.69, 9.17) is 4.74 Å². The minimum atomic E-state index is -0.242. The molecule has 1 heterocycles. The maximum atomic E-state index is 11.9. The van der Waals surface area contributed by atoms with Crippen LogP contribution in [0.3, 0.4) is 0 Å². The number of fused-ring (bicyclic) bond motifs is 1. The Hall–Kier alpha value is -2.82. The summed E-state index contributed by atoms with van der Waals surface area (Å²) in [4.78, 5) is 11.9. The highest BCUT2D eigenvalue weighted by molar-refractivity contribution is 6.00. The van der Waals surface area contributed by atoms with Crippen LogP contribution in [-0.4, -0.2) is 22.7 Å². The summed E-state index contributed by atoms with van der Waals surface area (Å²) in [5.74, 6) is 0.953. The highest BCUT2D eigenvalue weighted by Gasteiger charge is 2.09. The van der Waals surface area contributed by atoms with Gasteiger partial charge in [-0.05, 0) is 36.8 Å². The molecule has 0 aliphatic carbocycles. The molecule has 0 saturated carbocycles. The quantitative estimate of drug-likeness (QED) is 0.772. The number of rotatable bonds is 4. The third-order valence-electron chi connectivity index (χ3n) is 3.09. The minimum Gasteiger partial charge on any atom is -0.484 e. The zero-order valence-corrected chi connectivity index (χ0v) is 11.6. The molecular weight excluding hydrogens is 266 g/mol.